The van der Waals surface area contributed by atoms with Gasteiger partial charge in [0.1, 0.15) is 0 Å². The van der Waals surface area contributed by atoms with E-state index in [0.29, 0.717) is 6.42 Å². The average molecular weight is 474 g/mol. The van der Waals surface area contributed by atoms with Gasteiger partial charge >= 0.3 is 18.9 Å². The molecule has 0 aliphatic rings. The van der Waals surface area contributed by atoms with E-state index in [-0.39, 0.29) is 18.9 Å². The molecule has 34 heavy (non-hydrogen) atoms. The first-order valence-electron chi connectivity index (χ1n) is 15.1. The summed E-state index contributed by atoms with van der Waals surface area (Å²) in [5.74, 6) is -0.886. The number of unbranched alkanes of at least 4 members (excludes halogenated alkanes) is 20. The predicted octanol–water partition coefficient (Wildman–Crippen LogP) is 5.44. The van der Waals surface area contributed by atoms with Gasteiger partial charge in [0.2, 0.25) is 0 Å². The van der Waals surface area contributed by atoms with E-state index in [4.69, 9.17) is 0 Å². The number of hydrogen-bond acceptors (Lipinski definition) is 3. The van der Waals surface area contributed by atoms with Crippen molar-refractivity contribution in [3.63, 3.8) is 0 Å². The summed E-state index contributed by atoms with van der Waals surface area (Å²) in [6.45, 7) is 8.36. The van der Waals surface area contributed by atoms with E-state index in [1.165, 1.54) is 128 Å². The third-order valence-electron chi connectivity index (χ3n) is 7.20. The van der Waals surface area contributed by atoms with Crippen LogP contribution in [0.4, 0.5) is 0 Å². The predicted molar refractivity (Wildman–Crippen MR) is 144 cm³/mol. The molecule has 0 saturated heterocycles. The summed E-state index contributed by atoms with van der Waals surface area (Å²) in [6.07, 6.45) is 30.0. The standard InChI is InChI=1S/C30H61NO2.Li/c1-4-7-9-11-13-15-17-19-21-23-25-27-31(29(6-3)30(32)33)28-26-24-22-20-18-16-14-12-10-8-5-2;/h29H,4-28H2,1-3H3,(H,32,33);/q;+1/p-1. The van der Waals surface area contributed by atoms with Gasteiger partial charge in [0.25, 0.3) is 0 Å². The van der Waals surface area contributed by atoms with Crippen molar-refractivity contribution in [3.8, 4) is 0 Å². The third kappa shape index (κ3) is 23.8. The number of aliphatic carboxylic acids is 1. The van der Waals surface area contributed by atoms with Crippen LogP contribution in [-0.2, 0) is 4.79 Å². The molecule has 0 rings (SSSR count). The van der Waals surface area contributed by atoms with Crippen molar-refractivity contribution in [2.75, 3.05) is 13.1 Å². The van der Waals surface area contributed by atoms with Crippen LogP contribution in [-0.4, -0.2) is 30.0 Å². The Morgan fingerprint density at radius 2 is 0.794 bits per heavy atom. The summed E-state index contributed by atoms with van der Waals surface area (Å²) >= 11 is 0. The van der Waals surface area contributed by atoms with Crippen molar-refractivity contribution < 1.29 is 28.8 Å². The van der Waals surface area contributed by atoms with Gasteiger partial charge in [0.15, 0.2) is 0 Å². The van der Waals surface area contributed by atoms with Gasteiger partial charge < -0.3 is 9.90 Å². The Morgan fingerprint density at radius 1 is 0.529 bits per heavy atom. The first kappa shape index (κ1) is 36.2. The molecule has 0 aliphatic heterocycles. The second-order valence-corrected chi connectivity index (χ2v) is 10.4. The monoisotopic (exact) mass is 473 g/mol. The van der Waals surface area contributed by atoms with Crippen molar-refractivity contribution in [2.24, 2.45) is 0 Å². The van der Waals surface area contributed by atoms with E-state index in [0.717, 1.165) is 25.9 Å². The second kappa shape index (κ2) is 29.3. The number of hydrogen-bond donors (Lipinski definition) is 0. The largest absolute Gasteiger partial charge is 1.00 e. The molecule has 0 spiro atoms. The molecule has 1 atom stereocenters. The smallest absolute Gasteiger partial charge is 0.548 e. The number of rotatable bonds is 27. The number of carboxylic acids is 1. The van der Waals surface area contributed by atoms with Gasteiger partial charge in [-0.1, -0.05) is 149 Å². The fourth-order valence-electron chi connectivity index (χ4n) is 4.96. The zero-order chi connectivity index (χ0) is 24.4. The van der Waals surface area contributed by atoms with Crippen molar-refractivity contribution in [1.82, 2.24) is 4.90 Å². The number of carboxylic acid groups (broad SMARTS) is 1. The van der Waals surface area contributed by atoms with E-state index in [1.807, 2.05) is 6.92 Å². The Hall–Kier alpha value is 0.0274. The summed E-state index contributed by atoms with van der Waals surface area (Å²) in [5, 5.41) is 11.6. The Kier molecular flexibility index (Phi) is 31.1. The van der Waals surface area contributed by atoms with Gasteiger partial charge in [-0.2, -0.15) is 0 Å². The molecule has 198 valence electrons. The topological polar surface area (TPSA) is 43.4 Å². The SMILES string of the molecule is CCCCCCCCCCCCCN(CCCCCCCCCCCCC)C(CC)C(=O)[O-].[Li+]. The minimum atomic E-state index is -0.886. The van der Waals surface area contributed by atoms with Crippen LogP contribution in [0.3, 0.4) is 0 Å². The molecule has 0 radical (unpaired) electrons. The molecule has 4 heteroatoms. The maximum atomic E-state index is 11.6. The molecule has 0 aromatic heterocycles. The molecule has 0 amide bonds. The summed E-state index contributed by atoms with van der Waals surface area (Å²) in [6, 6.07) is -0.406. The number of carbonyl (C=O) groups is 1. The normalized spacial score (nSPS) is 12.1. The molecule has 3 nitrogen and oxygen atoms in total. The van der Waals surface area contributed by atoms with Crippen LogP contribution >= 0.6 is 0 Å². The molecular weight excluding hydrogens is 413 g/mol. The van der Waals surface area contributed by atoms with Crippen LogP contribution in [0.5, 0.6) is 0 Å². The van der Waals surface area contributed by atoms with E-state index < -0.39 is 12.0 Å². The summed E-state index contributed by atoms with van der Waals surface area (Å²) < 4.78 is 0. The van der Waals surface area contributed by atoms with E-state index >= 15 is 0 Å². The minimum Gasteiger partial charge on any atom is -0.548 e. The van der Waals surface area contributed by atoms with Gasteiger partial charge in [-0.3, -0.25) is 4.90 Å². The zero-order valence-corrected chi connectivity index (χ0v) is 24.0. The van der Waals surface area contributed by atoms with Crippen LogP contribution in [0.1, 0.15) is 168 Å². The van der Waals surface area contributed by atoms with Crippen molar-refractivity contribution in [2.45, 2.75) is 174 Å². The maximum Gasteiger partial charge on any atom is 1.00 e. The van der Waals surface area contributed by atoms with E-state index in [2.05, 4.69) is 18.7 Å². The van der Waals surface area contributed by atoms with Gasteiger partial charge in [0, 0.05) is 6.04 Å². The fourth-order valence-corrected chi connectivity index (χ4v) is 4.96. The Bertz CT molecular complexity index is 379. The minimum absolute atomic E-state index is 0. The third-order valence-corrected chi connectivity index (χ3v) is 7.20. The molecule has 0 aromatic rings. The van der Waals surface area contributed by atoms with Crippen LogP contribution < -0.4 is 24.0 Å². The van der Waals surface area contributed by atoms with Crippen LogP contribution in [0, 0.1) is 0 Å². The zero-order valence-electron chi connectivity index (χ0n) is 24.0. The quantitative estimate of drug-likeness (QED) is 0.118. The summed E-state index contributed by atoms with van der Waals surface area (Å²) in [4.78, 5) is 13.8. The van der Waals surface area contributed by atoms with Crippen molar-refractivity contribution >= 4 is 5.97 Å². The van der Waals surface area contributed by atoms with Gasteiger partial charge in [-0.15, -0.1) is 0 Å². The second-order valence-electron chi connectivity index (χ2n) is 10.4. The molecule has 0 heterocycles. The van der Waals surface area contributed by atoms with Crippen molar-refractivity contribution in [1.29, 1.82) is 0 Å². The van der Waals surface area contributed by atoms with E-state index in [1.54, 1.807) is 0 Å². The number of carbonyl (C=O) groups excluding carboxylic acids is 1. The van der Waals surface area contributed by atoms with Gasteiger partial charge in [-0.25, -0.2) is 0 Å². The number of nitrogens with zero attached hydrogens (tertiary/aromatic N) is 1. The Labute approximate surface area is 226 Å². The molecular formula is C30H60LiNO2. The molecule has 1 unspecified atom stereocenters. The molecule has 0 aromatic carbocycles. The maximum absolute atomic E-state index is 11.6. The first-order chi connectivity index (χ1) is 16.2. The van der Waals surface area contributed by atoms with Gasteiger partial charge in [0.05, 0.1) is 5.97 Å². The molecule has 0 aliphatic carbocycles. The van der Waals surface area contributed by atoms with Gasteiger partial charge in [-0.05, 0) is 32.4 Å². The Balaban J connectivity index is 0. The molecule has 0 fully saturated rings. The summed E-state index contributed by atoms with van der Waals surface area (Å²) in [5.41, 5.74) is 0. The fraction of sp³-hybridized carbons (Fsp3) is 0.967. The summed E-state index contributed by atoms with van der Waals surface area (Å²) in [7, 11) is 0. The molecule has 0 N–H and O–H groups in total. The van der Waals surface area contributed by atoms with Crippen LogP contribution in [0.2, 0.25) is 0 Å². The first-order valence-corrected chi connectivity index (χ1v) is 15.1. The molecule has 0 bridgehead atoms. The van der Waals surface area contributed by atoms with E-state index in [9.17, 15) is 9.90 Å². The molecule has 0 saturated carbocycles. The van der Waals surface area contributed by atoms with Crippen LogP contribution in [0.25, 0.3) is 0 Å². The Morgan fingerprint density at radius 3 is 1.03 bits per heavy atom. The average Bonchev–Trinajstić information content (AvgIpc) is 2.80. The van der Waals surface area contributed by atoms with Crippen LogP contribution in [0.15, 0.2) is 0 Å². The van der Waals surface area contributed by atoms with Crippen molar-refractivity contribution in [3.05, 3.63) is 0 Å².